The molecule has 4 rings (SSSR count). The normalized spacial score (nSPS) is 12.2. The summed E-state index contributed by atoms with van der Waals surface area (Å²) in [5, 5.41) is 3.91. The number of hydrogen-bond acceptors (Lipinski definition) is 4. The van der Waals surface area contributed by atoms with Gasteiger partial charge in [-0.3, -0.25) is 4.79 Å². The molecule has 0 aliphatic heterocycles. The summed E-state index contributed by atoms with van der Waals surface area (Å²) < 4.78 is 14.8. The van der Waals surface area contributed by atoms with E-state index in [0.717, 1.165) is 25.9 Å². The Morgan fingerprint density at radius 2 is 2.14 bits per heavy atom. The van der Waals surface area contributed by atoms with E-state index in [1.54, 1.807) is 30.5 Å². The molecule has 0 radical (unpaired) electrons. The van der Waals surface area contributed by atoms with Gasteiger partial charge in [-0.05, 0) is 52.2 Å². The van der Waals surface area contributed by atoms with Crippen molar-refractivity contribution in [2.24, 2.45) is 5.73 Å². The second-order valence-corrected chi connectivity index (χ2v) is 8.49. The number of halogens is 2. The fraction of sp³-hybridized carbons (Fsp3) is 0.143. The molecule has 29 heavy (non-hydrogen) atoms. The maximum atomic E-state index is 13.9. The van der Waals surface area contributed by atoms with Crippen LogP contribution < -0.4 is 11.1 Å². The number of rotatable bonds is 6. The van der Waals surface area contributed by atoms with Gasteiger partial charge in [-0.1, -0.05) is 18.2 Å². The van der Waals surface area contributed by atoms with Crippen molar-refractivity contribution in [2.75, 3.05) is 6.54 Å². The number of aromatic nitrogens is 2. The highest BCUT2D eigenvalue weighted by molar-refractivity contribution is 9.10. The van der Waals surface area contributed by atoms with Crippen LogP contribution in [-0.2, 0) is 6.42 Å². The van der Waals surface area contributed by atoms with Crippen molar-refractivity contribution in [2.45, 2.75) is 12.5 Å². The van der Waals surface area contributed by atoms with Gasteiger partial charge in [-0.15, -0.1) is 11.3 Å². The van der Waals surface area contributed by atoms with Crippen LogP contribution in [0.5, 0.6) is 0 Å². The lowest BCUT2D eigenvalue weighted by Gasteiger charge is -2.16. The Balaban J connectivity index is 1.56. The molecule has 1 amide bonds. The molecule has 0 unspecified atom stereocenters. The van der Waals surface area contributed by atoms with E-state index in [4.69, 9.17) is 5.73 Å². The maximum absolute atomic E-state index is 13.9. The van der Waals surface area contributed by atoms with Crippen LogP contribution in [0.4, 0.5) is 4.39 Å². The number of aromatic amines is 1. The topological polar surface area (TPSA) is 83.8 Å². The fourth-order valence-electron chi connectivity index (χ4n) is 3.20. The fourth-order valence-corrected chi connectivity index (χ4v) is 5.03. The molecule has 1 atom stereocenters. The Hall–Kier alpha value is -2.55. The molecule has 0 aliphatic carbocycles. The zero-order valence-corrected chi connectivity index (χ0v) is 17.7. The summed E-state index contributed by atoms with van der Waals surface area (Å²) in [6.45, 7) is 0.216. The van der Waals surface area contributed by atoms with Crippen molar-refractivity contribution in [3.63, 3.8) is 0 Å². The largest absolute Gasteiger partial charge is 0.347 e. The van der Waals surface area contributed by atoms with Crippen LogP contribution in [0.25, 0.3) is 21.5 Å². The quantitative estimate of drug-likeness (QED) is 0.386. The molecule has 1 aromatic carbocycles. The first kappa shape index (κ1) is 19.8. The Bertz CT molecular complexity index is 1170. The number of nitrogens with one attached hydrogen (secondary N) is 2. The van der Waals surface area contributed by atoms with E-state index in [9.17, 15) is 9.18 Å². The number of thiophene rings is 1. The Morgan fingerprint density at radius 1 is 1.31 bits per heavy atom. The Labute approximate surface area is 179 Å². The third-order valence-electron chi connectivity index (χ3n) is 4.66. The van der Waals surface area contributed by atoms with Crippen LogP contribution in [-0.4, -0.2) is 28.5 Å². The summed E-state index contributed by atoms with van der Waals surface area (Å²) in [7, 11) is 0. The molecule has 0 bridgehead atoms. The zero-order valence-electron chi connectivity index (χ0n) is 15.3. The van der Waals surface area contributed by atoms with Crippen LogP contribution in [0.3, 0.4) is 0 Å². The Morgan fingerprint density at radius 3 is 2.93 bits per heavy atom. The molecular formula is C21H18BrFN4OS. The van der Waals surface area contributed by atoms with Crippen molar-refractivity contribution >= 4 is 44.2 Å². The number of benzene rings is 1. The number of fused-ring (bicyclic) bond motifs is 1. The molecule has 0 aliphatic rings. The second kappa shape index (κ2) is 8.44. The van der Waals surface area contributed by atoms with E-state index in [1.165, 1.54) is 17.4 Å². The number of carbonyl (C=O) groups is 1. The van der Waals surface area contributed by atoms with E-state index in [1.807, 2.05) is 18.3 Å². The van der Waals surface area contributed by atoms with E-state index in [-0.39, 0.29) is 24.3 Å². The van der Waals surface area contributed by atoms with E-state index >= 15 is 0 Å². The van der Waals surface area contributed by atoms with Gasteiger partial charge in [0.15, 0.2) is 0 Å². The van der Waals surface area contributed by atoms with Crippen LogP contribution in [0.1, 0.15) is 15.2 Å². The molecule has 8 heteroatoms. The third kappa shape index (κ3) is 4.10. The molecule has 4 aromatic rings. The number of amides is 1. The van der Waals surface area contributed by atoms with Gasteiger partial charge < -0.3 is 16.0 Å². The highest BCUT2D eigenvalue weighted by Crippen LogP contribution is 2.39. The first-order valence-electron chi connectivity index (χ1n) is 9.03. The summed E-state index contributed by atoms with van der Waals surface area (Å²) in [5.41, 5.74) is 8.14. The van der Waals surface area contributed by atoms with Crippen molar-refractivity contribution < 1.29 is 9.18 Å². The highest BCUT2D eigenvalue weighted by Gasteiger charge is 2.19. The van der Waals surface area contributed by atoms with Crippen molar-refractivity contribution in [1.29, 1.82) is 0 Å². The number of carbonyl (C=O) groups excluding carboxylic acids is 1. The van der Waals surface area contributed by atoms with Crippen LogP contribution in [0, 0.1) is 5.82 Å². The number of nitrogens with two attached hydrogens (primary N) is 1. The standard InChI is InChI=1S/C21H18BrFN4OS/c22-16-10-18(29-19(16)14-5-7-25-20-15(14)6-8-26-20)21(28)27-13(11-24)9-12-3-1-2-4-17(12)23/h1-8,10,13H,9,11,24H2,(H,25,26)(H,27,28)/t13-/m0/s1. The lowest BCUT2D eigenvalue weighted by atomic mass is 10.1. The number of nitrogens with zero attached hydrogens (tertiary/aromatic N) is 1. The second-order valence-electron chi connectivity index (χ2n) is 6.59. The predicted molar refractivity (Wildman–Crippen MR) is 118 cm³/mol. The minimum absolute atomic E-state index is 0.216. The van der Waals surface area contributed by atoms with Gasteiger partial charge in [0.25, 0.3) is 5.91 Å². The lowest BCUT2D eigenvalue weighted by molar-refractivity contribution is 0.0942. The zero-order chi connectivity index (χ0) is 20.4. The van der Waals surface area contributed by atoms with Gasteiger partial charge in [0.2, 0.25) is 0 Å². The number of hydrogen-bond donors (Lipinski definition) is 3. The smallest absolute Gasteiger partial charge is 0.261 e. The predicted octanol–water partition coefficient (Wildman–Crippen LogP) is 4.49. The molecule has 3 aromatic heterocycles. The van der Waals surface area contributed by atoms with Gasteiger partial charge in [-0.25, -0.2) is 9.37 Å². The minimum Gasteiger partial charge on any atom is -0.347 e. The molecule has 0 spiro atoms. The van der Waals surface area contributed by atoms with Crippen LogP contribution >= 0.6 is 27.3 Å². The number of H-pyrrole nitrogens is 1. The molecule has 4 N–H and O–H groups in total. The average molecular weight is 473 g/mol. The summed E-state index contributed by atoms with van der Waals surface area (Å²) >= 11 is 4.95. The first-order chi connectivity index (χ1) is 14.1. The number of pyridine rings is 1. The first-order valence-corrected chi connectivity index (χ1v) is 10.6. The summed E-state index contributed by atoms with van der Waals surface area (Å²) in [6.07, 6.45) is 3.91. The van der Waals surface area contributed by atoms with E-state index in [0.29, 0.717) is 16.9 Å². The van der Waals surface area contributed by atoms with Crippen molar-refractivity contribution in [3.05, 3.63) is 75.6 Å². The van der Waals surface area contributed by atoms with Gasteiger partial charge in [0.1, 0.15) is 11.5 Å². The van der Waals surface area contributed by atoms with Crippen LogP contribution in [0.15, 0.2) is 59.3 Å². The molecule has 5 nitrogen and oxygen atoms in total. The molecule has 0 fully saturated rings. The van der Waals surface area contributed by atoms with Crippen LogP contribution in [0.2, 0.25) is 0 Å². The molecule has 0 saturated heterocycles. The molecule has 0 saturated carbocycles. The summed E-state index contributed by atoms with van der Waals surface area (Å²) in [4.78, 5) is 21.7. The van der Waals surface area contributed by atoms with Gasteiger partial charge in [-0.2, -0.15) is 0 Å². The highest BCUT2D eigenvalue weighted by atomic mass is 79.9. The minimum atomic E-state index is -0.360. The van der Waals surface area contributed by atoms with Crippen molar-refractivity contribution in [3.8, 4) is 10.4 Å². The average Bonchev–Trinajstić information content (AvgIpc) is 3.35. The van der Waals surface area contributed by atoms with E-state index in [2.05, 4.69) is 31.2 Å². The molecular weight excluding hydrogens is 455 g/mol. The monoisotopic (exact) mass is 472 g/mol. The third-order valence-corrected chi connectivity index (χ3v) is 6.71. The van der Waals surface area contributed by atoms with Crippen molar-refractivity contribution in [1.82, 2.24) is 15.3 Å². The molecule has 3 heterocycles. The lowest BCUT2D eigenvalue weighted by Crippen LogP contribution is -2.41. The summed E-state index contributed by atoms with van der Waals surface area (Å²) in [6, 6.07) is 11.8. The maximum Gasteiger partial charge on any atom is 0.261 e. The summed E-state index contributed by atoms with van der Waals surface area (Å²) in [5.74, 6) is -0.525. The van der Waals surface area contributed by atoms with Gasteiger partial charge in [0, 0.05) is 40.4 Å². The molecule has 148 valence electrons. The van der Waals surface area contributed by atoms with E-state index < -0.39 is 0 Å². The Kier molecular flexibility index (Phi) is 5.75. The SMILES string of the molecule is NC[C@H](Cc1ccccc1F)NC(=O)c1cc(Br)c(-c2ccnc3[nH]ccc23)s1. The van der Waals surface area contributed by atoms with Gasteiger partial charge in [0.05, 0.1) is 9.75 Å². The van der Waals surface area contributed by atoms with Gasteiger partial charge >= 0.3 is 0 Å².